The molecule has 0 aromatic heterocycles. The number of rotatable bonds is 0. The Kier molecular flexibility index (Phi) is 1.52. The van der Waals surface area contributed by atoms with Gasteiger partial charge in [0.1, 0.15) is 0 Å². The molecule has 17 heavy (non-hydrogen) atoms. The molecule has 4 rings (SSSR count). The van der Waals surface area contributed by atoms with E-state index in [0.717, 1.165) is 17.6 Å². The van der Waals surface area contributed by atoms with Crippen LogP contribution in [0.2, 0.25) is 0 Å². The Hall–Kier alpha value is -1.96. The number of ketones is 2. The zero-order valence-electron chi connectivity index (χ0n) is 9.25. The van der Waals surface area contributed by atoms with Gasteiger partial charge in [0.2, 0.25) is 0 Å². The quantitative estimate of drug-likeness (QED) is 0.589. The summed E-state index contributed by atoms with van der Waals surface area (Å²) in [5.41, 5.74) is 4.94. The summed E-state index contributed by atoms with van der Waals surface area (Å²) in [4.78, 5) is 24.7. The highest BCUT2D eigenvalue weighted by molar-refractivity contribution is 6.30. The minimum atomic E-state index is 0.0690. The number of hydrogen-bond acceptors (Lipinski definition) is 2. The fraction of sp³-hybridized carbons (Fsp3) is 0.200. The molecule has 4 aliphatic carbocycles. The summed E-state index contributed by atoms with van der Waals surface area (Å²) in [7, 11) is 0. The average molecular weight is 222 g/mol. The predicted octanol–water partition coefficient (Wildman–Crippen LogP) is 2.35. The van der Waals surface area contributed by atoms with Crippen LogP contribution in [0.1, 0.15) is 19.3 Å². The van der Waals surface area contributed by atoms with Gasteiger partial charge in [-0.2, -0.15) is 0 Å². The molecule has 0 saturated heterocycles. The Balaban J connectivity index is 1.94. The molecule has 0 bridgehead atoms. The lowest BCUT2D eigenvalue weighted by atomic mass is 9.85. The van der Waals surface area contributed by atoms with Gasteiger partial charge in [0.25, 0.3) is 0 Å². The van der Waals surface area contributed by atoms with Gasteiger partial charge in [-0.25, -0.2) is 0 Å². The largest absolute Gasteiger partial charge is 0.289 e. The Morgan fingerprint density at radius 2 is 1.88 bits per heavy atom. The molecule has 0 saturated carbocycles. The smallest absolute Gasteiger partial charge is 0.191 e. The van der Waals surface area contributed by atoms with Gasteiger partial charge in [-0.05, 0) is 24.0 Å². The zero-order valence-corrected chi connectivity index (χ0v) is 9.25. The molecule has 0 radical (unpaired) electrons. The maximum atomic E-state index is 12.4. The van der Waals surface area contributed by atoms with Crippen molar-refractivity contribution in [2.75, 3.05) is 0 Å². The van der Waals surface area contributed by atoms with Gasteiger partial charge >= 0.3 is 0 Å². The van der Waals surface area contributed by atoms with Crippen LogP contribution in [0.25, 0.3) is 0 Å². The average Bonchev–Trinajstić information content (AvgIpc) is 2.99. The molecule has 4 aliphatic rings. The van der Waals surface area contributed by atoms with Crippen LogP contribution in [-0.4, -0.2) is 11.6 Å². The first kappa shape index (κ1) is 9.11. The zero-order chi connectivity index (χ0) is 11.6. The number of allylic oxidation sites excluding steroid dienone is 10. The van der Waals surface area contributed by atoms with Crippen LogP contribution in [-0.2, 0) is 9.59 Å². The third kappa shape index (κ3) is 0.960. The second-order valence-electron chi connectivity index (χ2n) is 4.77. The minimum Gasteiger partial charge on any atom is -0.289 e. The first-order valence-corrected chi connectivity index (χ1v) is 5.89. The lowest BCUT2D eigenvalue weighted by Gasteiger charge is -2.15. The van der Waals surface area contributed by atoms with Crippen LogP contribution in [0.5, 0.6) is 0 Å². The first-order valence-electron chi connectivity index (χ1n) is 5.89. The second-order valence-corrected chi connectivity index (χ2v) is 4.77. The number of hydrogen-bond donors (Lipinski definition) is 0. The molecular formula is C15H10O2. The number of fused-ring (bicyclic) bond motifs is 2. The Bertz CT molecular complexity index is 648. The van der Waals surface area contributed by atoms with Crippen molar-refractivity contribution in [1.29, 1.82) is 0 Å². The van der Waals surface area contributed by atoms with Crippen LogP contribution in [0.3, 0.4) is 0 Å². The van der Waals surface area contributed by atoms with E-state index < -0.39 is 0 Å². The third-order valence-corrected chi connectivity index (χ3v) is 3.92. The highest BCUT2D eigenvalue weighted by Crippen LogP contribution is 2.46. The SMILES string of the molecule is O=C1C2=C(CC=C2)C(=O)C2=C1CC1=CCC=C12. The van der Waals surface area contributed by atoms with E-state index >= 15 is 0 Å². The molecule has 0 N–H and O–H groups in total. The van der Waals surface area contributed by atoms with Gasteiger partial charge in [0.15, 0.2) is 11.6 Å². The lowest BCUT2D eigenvalue weighted by molar-refractivity contribution is -0.116. The maximum Gasteiger partial charge on any atom is 0.191 e. The Morgan fingerprint density at radius 1 is 1.00 bits per heavy atom. The van der Waals surface area contributed by atoms with Crippen LogP contribution in [0, 0.1) is 0 Å². The summed E-state index contributed by atoms with van der Waals surface area (Å²) in [6.07, 6.45) is 10.1. The molecule has 2 nitrogen and oxygen atoms in total. The van der Waals surface area contributed by atoms with Crippen molar-refractivity contribution in [2.45, 2.75) is 19.3 Å². The summed E-state index contributed by atoms with van der Waals surface area (Å²) in [5.74, 6) is 0.149. The van der Waals surface area contributed by atoms with Crippen LogP contribution in [0.15, 0.2) is 57.7 Å². The van der Waals surface area contributed by atoms with Crippen LogP contribution < -0.4 is 0 Å². The fourth-order valence-electron chi connectivity index (χ4n) is 3.13. The Labute approximate surface area is 98.7 Å². The summed E-state index contributed by atoms with van der Waals surface area (Å²) in [5, 5.41) is 0. The van der Waals surface area contributed by atoms with E-state index in [1.807, 2.05) is 6.08 Å². The summed E-state index contributed by atoms with van der Waals surface area (Å²) >= 11 is 0. The number of carbonyl (C=O) groups is 2. The summed E-state index contributed by atoms with van der Waals surface area (Å²) in [6, 6.07) is 0. The lowest BCUT2D eigenvalue weighted by Crippen LogP contribution is -2.19. The Morgan fingerprint density at radius 3 is 2.76 bits per heavy atom. The van der Waals surface area contributed by atoms with Gasteiger partial charge < -0.3 is 0 Å². The van der Waals surface area contributed by atoms with Crippen molar-refractivity contribution < 1.29 is 9.59 Å². The van der Waals surface area contributed by atoms with Crippen LogP contribution >= 0.6 is 0 Å². The molecule has 0 aliphatic heterocycles. The molecule has 0 fully saturated rings. The van der Waals surface area contributed by atoms with Gasteiger partial charge in [-0.3, -0.25) is 9.59 Å². The van der Waals surface area contributed by atoms with Gasteiger partial charge in [0, 0.05) is 28.7 Å². The molecule has 2 heteroatoms. The fourth-order valence-corrected chi connectivity index (χ4v) is 3.13. The van der Waals surface area contributed by atoms with E-state index in [0.29, 0.717) is 29.6 Å². The normalized spacial score (nSPS) is 25.2. The molecule has 0 spiro atoms. The van der Waals surface area contributed by atoms with Gasteiger partial charge in [-0.1, -0.05) is 24.3 Å². The second kappa shape index (κ2) is 2.83. The summed E-state index contributed by atoms with van der Waals surface area (Å²) in [6.45, 7) is 0. The summed E-state index contributed by atoms with van der Waals surface area (Å²) < 4.78 is 0. The maximum absolute atomic E-state index is 12.4. The highest BCUT2D eigenvalue weighted by atomic mass is 16.1. The molecule has 0 aromatic carbocycles. The third-order valence-electron chi connectivity index (χ3n) is 3.92. The number of Topliss-reactive ketones (excluding diaryl/α,β-unsaturated/α-hetero) is 2. The molecule has 0 heterocycles. The standard InChI is InChI=1S/C15H10O2/c16-14-10-5-2-6-11(10)15(17)13-9-4-1-3-8(9)7-12(13)14/h2-5H,1,6-7H2. The molecule has 0 amide bonds. The topological polar surface area (TPSA) is 34.1 Å². The van der Waals surface area contributed by atoms with Crippen molar-refractivity contribution in [2.24, 2.45) is 0 Å². The highest BCUT2D eigenvalue weighted by Gasteiger charge is 2.41. The van der Waals surface area contributed by atoms with Crippen molar-refractivity contribution >= 4 is 11.6 Å². The molecule has 82 valence electrons. The number of carbonyl (C=O) groups excluding carboxylic acids is 2. The molecule has 0 atom stereocenters. The van der Waals surface area contributed by atoms with Crippen molar-refractivity contribution in [3.05, 3.63) is 57.7 Å². The van der Waals surface area contributed by atoms with Crippen molar-refractivity contribution in [3.8, 4) is 0 Å². The molecule has 0 unspecified atom stereocenters. The van der Waals surface area contributed by atoms with E-state index in [2.05, 4.69) is 12.2 Å². The van der Waals surface area contributed by atoms with Gasteiger partial charge in [-0.15, -0.1) is 0 Å². The predicted molar refractivity (Wildman–Crippen MR) is 63.2 cm³/mol. The van der Waals surface area contributed by atoms with Crippen molar-refractivity contribution in [1.82, 2.24) is 0 Å². The van der Waals surface area contributed by atoms with E-state index in [1.165, 1.54) is 5.57 Å². The van der Waals surface area contributed by atoms with Gasteiger partial charge in [0.05, 0.1) is 0 Å². The molecular weight excluding hydrogens is 212 g/mol. The minimum absolute atomic E-state index is 0.0690. The monoisotopic (exact) mass is 222 g/mol. The van der Waals surface area contributed by atoms with E-state index in [-0.39, 0.29) is 11.6 Å². The van der Waals surface area contributed by atoms with E-state index in [9.17, 15) is 9.59 Å². The van der Waals surface area contributed by atoms with Crippen LogP contribution in [0.4, 0.5) is 0 Å². The van der Waals surface area contributed by atoms with E-state index in [1.54, 1.807) is 6.08 Å². The molecule has 0 aromatic rings. The van der Waals surface area contributed by atoms with E-state index in [4.69, 9.17) is 0 Å². The van der Waals surface area contributed by atoms with Crippen molar-refractivity contribution in [3.63, 3.8) is 0 Å². The first-order chi connectivity index (χ1) is 8.27.